The molecule has 0 bridgehead atoms. The molecule has 2 aromatic heterocycles. The fraction of sp³-hybridized carbons (Fsp3) is 0.0370. The van der Waals surface area contributed by atoms with E-state index in [1.807, 2.05) is 79.7 Å². The lowest BCUT2D eigenvalue weighted by atomic mass is 10.1. The van der Waals surface area contributed by atoms with E-state index in [4.69, 9.17) is 0 Å². The Morgan fingerprint density at radius 2 is 1.74 bits per heavy atom. The first kappa shape index (κ1) is 20.6. The van der Waals surface area contributed by atoms with Crippen LogP contribution in [-0.4, -0.2) is 31.1 Å². The van der Waals surface area contributed by atoms with E-state index in [-0.39, 0.29) is 5.91 Å². The van der Waals surface area contributed by atoms with Gasteiger partial charge in [0.25, 0.3) is 5.91 Å². The number of imidazole rings is 1. The average molecular weight is 460 g/mol. The predicted octanol–water partition coefficient (Wildman–Crippen LogP) is 5.41. The highest BCUT2D eigenvalue weighted by Crippen LogP contribution is 2.35. The molecule has 1 amide bonds. The van der Waals surface area contributed by atoms with Crippen LogP contribution in [0.25, 0.3) is 34.4 Å². The van der Waals surface area contributed by atoms with Gasteiger partial charge in [-0.1, -0.05) is 48.5 Å². The van der Waals surface area contributed by atoms with Crippen molar-refractivity contribution in [2.24, 2.45) is 0 Å². The number of H-pyrrole nitrogens is 2. The van der Waals surface area contributed by atoms with Crippen LogP contribution in [-0.2, 0) is 4.79 Å². The van der Waals surface area contributed by atoms with E-state index in [0.29, 0.717) is 17.2 Å². The summed E-state index contributed by atoms with van der Waals surface area (Å²) in [4.78, 5) is 24.6. The number of fused-ring (bicyclic) bond motifs is 1. The summed E-state index contributed by atoms with van der Waals surface area (Å²) < 4.78 is 0. The van der Waals surface area contributed by atoms with Crippen LogP contribution in [0.3, 0.4) is 0 Å². The van der Waals surface area contributed by atoms with Gasteiger partial charge in [-0.2, -0.15) is 5.10 Å². The van der Waals surface area contributed by atoms with Crippen molar-refractivity contribution in [3.8, 4) is 22.8 Å². The molecular weight excluding hydrogens is 438 g/mol. The normalized spacial score (nSPS) is 13.6. The average Bonchev–Trinajstić information content (AvgIpc) is 3.59. The molecule has 0 fully saturated rings. The van der Waals surface area contributed by atoms with Gasteiger partial charge in [0.15, 0.2) is 11.6 Å². The van der Waals surface area contributed by atoms with Crippen molar-refractivity contribution in [2.45, 2.75) is 6.92 Å². The second kappa shape index (κ2) is 8.42. The van der Waals surface area contributed by atoms with E-state index in [2.05, 4.69) is 35.8 Å². The zero-order valence-corrected chi connectivity index (χ0v) is 18.8. The van der Waals surface area contributed by atoms with E-state index in [0.717, 1.165) is 45.3 Å². The monoisotopic (exact) mass is 459 g/mol. The fourth-order valence-corrected chi connectivity index (χ4v) is 4.08. The van der Waals surface area contributed by atoms with Gasteiger partial charge in [0, 0.05) is 40.0 Å². The van der Waals surface area contributed by atoms with Crippen LogP contribution in [0.5, 0.6) is 0 Å². The lowest BCUT2D eigenvalue weighted by molar-refractivity contribution is -0.110. The zero-order valence-electron chi connectivity index (χ0n) is 18.8. The van der Waals surface area contributed by atoms with Gasteiger partial charge in [-0.05, 0) is 37.3 Å². The quantitative estimate of drug-likeness (QED) is 0.263. The highest BCUT2D eigenvalue weighted by atomic mass is 16.2. The minimum absolute atomic E-state index is 0.146. The van der Waals surface area contributed by atoms with Crippen molar-refractivity contribution < 1.29 is 4.79 Å². The zero-order chi connectivity index (χ0) is 23.8. The van der Waals surface area contributed by atoms with Gasteiger partial charge in [0.05, 0.1) is 11.3 Å². The molecule has 3 heterocycles. The number of benzene rings is 3. The summed E-state index contributed by atoms with van der Waals surface area (Å²) in [5, 5.41) is 13.7. The minimum Gasteiger partial charge on any atom is -0.355 e. The number of nitrogens with zero attached hydrogens (tertiary/aromatic N) is 3. The molecule has 5 aromatic rings. The standard InChI is InChI=1S/C27H21N7O/c1-16-15-28-24(29-16)14-22-21-11-10-20(13-23(21)31-27(22)35)30-19-9-5-8-18(12-19)26-32-25(33-34-26)17-6-3-2-4-7-17/h2-15,30H,1H3,(H,28,29)(H,31,35)(H,32,33,34)/b22-14-. The molecule has 6 rings (SSSR count). The molecule has 1 aliphatic heterocycles. The number of hydrogen-bond acceptors (Lipinski definition) is 5. The van der Waals surface area contributed by atoms with Crippen LogP contribution < -0.4 is 10.6 Å². The smallest absolute Gasteiger partial charge is 0.256 e. The Morgan fingerprint density at radius 1 is 0.914 bits per heavy atom. The van der Waals surface area contributed by atoms with Crippen molar-refractivity contribution in [1.82, 2.24) is 25.1 Å². The highest BCUT2D eigenvalue weighted by molar-refractivity contribution is 6.34. The summed E-state index contributed by atoms with van der Waals surface area (Å²) in [7, 11) is 0. The fourth-order valence-electron chi connectivity index (χ4n) is 4.08. The Hall–Kier alpha value is -4.98. The first-order valence-electron chi connectivity index (χ1n) is 11.2. The van der Waals surface area contributed by atoms with Gasteiger partial charge in [-0.3, -0.25) is 9.89 Å². The highest BCUT2D eigenvalue weighted by Gasteiger charge is 2.24. The second-order valence-corrected chi connectivity index (χ2v) is 8.30. The molecule has 8 heteroatoms. The lowest BCUT2D eigenvalue weighted by Gasteiger charge is -2.09. The van der Waals surface area contributed by atoms with Gasteiger partial charge in [-0.25, -0.2) is 9.97 Å². The Morgan fingerprint density at radius 3 is 2.57 bits per heavy atom. The van der Waals surface area contributed by atoms with Crippen molar-refractivity contribution in [3.05, 3.63) is 96.1 Å². The van der Waals surface area contributed by atoms with E-state index in [9.17, 15) is 4.79 Å². The molecule has 0 saturated heterocycles. The van der Waals surface area contributed by atoms with Crippen LogP contribution in [0, 0.1) is 6.92 Å². The number of carbonyl (C=O) groups is 1. The minimum atomic E-state index is -0.146. The van der Waals surface area contributed by atoms with Gasteiger partial charge in [0.2, 0.25) is 0 Å². The van der Waals surface area contributed by atoms with Crippen molar-refractivity contribution in [1.29, 1.82) is 0 Å². The van der Waals surface area contributed by atoms with Crippen LogP contribution in [0.15, 0.2) is 79.0 Å². The third kappa shape index (κ3) is 4.08. The Bertz CT molecular complexity index is 1580. The summed E-state index contributed by atoms with van der Waals surface area (Å²) in [6.45, 7) is 1.93. The first-order valence-corrected chi connectivity index (χ1v) is 11.2. The van der Waals surface area contributed by atoms with Crippen molar-refractivity contribution in [3.63, 3.8) is 0 Å². The number of anilines is 3. The van der Waals surface area contributed by atoms with Crippen LogP contribution in [0.2, 0.25) is 0 Å². The van der Waals surface area contributed by atoms with Crippen molar-refractivity contribution >= 4 is 34.6 Å². The Labute approximate surface area is 201 Å². The van der Waals surface area contributed by atoms with Gasteiger partial charge < -0.3 is 15.6 Å². The van der Waals surface area contributed by atoms with E-state index in [1.54, 1.807) is 12.3 Å². The van der Waals surface area contributed by atoms with E-state index >= 15 is 0 Å². The molecule has 8 nitrogen and oxygen atoms in total. The second-order valence-electron chi connectivity index (χ2n) is 8.30. The Kier molecular flexibility index (Phi) is 4.96. The topological polar surface area (TPSA) is 111 Å². The molecule has 170 valence electrons. The van der Waals surface area contributed by atoms with Gasteiger partial charge in [-0.15, -0.1) is 0 Å². The number of aromatic amines is 2. The number of aromatic nitrogens is 5. The maximum absolute atomic E-state index is 12.6. The van der Waals surface area contributed by atoms with Crippen LogP contribution >= 0.6 is 0 Å². The summed E-state index contributed by atoms with van der Waals surface area (Å²) in [6.07, 6.45) is 3.51. The van der Waals surface area contributed by atoms with Crippen LogP contribution in [0.1, 0.15) is 17.1 Å². The molecule has 0 radical (unpaired) electrons. The molecule has 35 heavy (non-hydrogen) atoms. The summed E-state index contributed by atoms with van der Waals surface area (Å²) in [5.74, 6) is 1.85. The molecule has 1 aliphatic rings. The number of amides is 1. The summed E-state index contributed by atoms with van der Waals surface area (Å²) in [5.41, 5.74) is 6.75. The molecule has 0 unspecified atom stereocenters. The van der Waals surface area contributed by atoms with E-state index < -0.39 is 0 Å². The Balaban J connectivity index is 1.24. The number of hydrogen-bond donors (Lipinski definition) is 4. The third-order valence-corrected chi connectivity index (χ3v) is 5.75. The number of aryl methyl sites for hydroxylation is 1. The predicted molar refractivity (Wildman–Crippen MR) is 137 cm³/mol. The van der Waals surface area contributed by atoms with Crippen molar-refractivity contribution in [2.75, 3.05) is 10.6 Å². The lowest BCUT2D eigenvalue weighted by Crippen LogP contribution is -2.03. The largest absolute Gasteiger partial charge is 0.355 e. The first-order chi connectivity index (χ1) is 17.1. The maximum Gasteiger partial charge on any atom is 0.256 e. The van der Waals surface area contributed by atoms with Gasteiger partial charge >= 0.3 is 0 Å². The number of nitrogens with one attached hydrogen (secondary N) is 4. The van der Waals surface area contributed by atoms with E-state index in [1.165, 1.54) is 0 Å². The number of carbonyl (C=O) groups excluding carboxylic acids is 1. The third-order valence-electron chi connectivity index (χ3n) is 5.75. The molecule has 0 aliphatic carbocycles. The molecule has 0 saturated carbocycles. The molecular formula is C27H21N7O. The van der Waals surface area contributed by atoms with Gasteiger partial charge in [0.1, 0.15) is 5.82 Å². The number of rotatable bonds is 5. The molecule has 0 spiro atoms. The molecule has 4 N–H and O–H groups in total. The SMILES string of the molecule is Cc1cnc(/C=C2\C(=O)Nc3cc(Nc4cccc(-c5n[nH]c(-c6ccccc6)n5)c4)ccc32)[nH]1. The van der Waals surface area contributed by atoms with Crippen LogP contribution in [0.4, 0.5) is 17.1 Å². The molecule has 3 aromatic carbocycles. The summed E-state index contributed by atoms with van der Waals surface area (Å²) >= 11 is 0. The maximum atomic E-state index is 12.6. The molecule has 0 atom stereocenters. The summed E-state index contributed by atoms with van der Waals surface area (Å²) in [6, 6.07) is 23.6.